The van der Waals surface area contributed by atoms with Crippen LogP contribution in [0.2, 0.25) is 0 Å². The van der Waals surface area contributed by atoms with Gasteiger partial charge in [-0.05, 0) is 37.8 Å². The fourth-order valence-corrected chi connectivity index (χ4v) is 3.31. The number of sulfone groups is 1. The summed E-state index contributed by atoms with van der Waals surface area (Å²) >= 11 is 0. The van der Waals surface area contributed by atoms with Gasteiger partial charge in [0.2, 0.25) is 0 Å². The molecule has 0 radical (unpaired) electrons. The van der Waals surface area contributed by atoms with Crippen molar-refractivity contribution in [2.45, 2.75) is 48.2 Å². The van der Waals surface area contributed by atoms with Crippen LogP contribution in [-0.2, 0) is 9.84 Å². The van der Waals surface area contributed by atoms with E-state index in [9.17, 15) is 36.8 Å². The lowest BCUT2D eigenvalue weighted by atomic mass is 9.93. The van der Waals surface area contributed by atoms with Gasteiger partial charge in [0.15, 0.2) is 0 Å². The van der Waals surface area contributed by atoms with Crippen LogP contribution in [0, 0.1) is 10.1 Å². The average molecular weight is 368 g/mol. The van der Waals surface area contributed by atoms with Gasteiger partial charge in [0, 0.05) is 12.1 Å². The molecular formula is C13H15F3N2O5S. The number of nitro benzene ring substituents is 1. The van der Waals surface area contributed by atoms with E-state index in [4.69, 9.17) is 0 Å². The summed E-state index contributed by atoms with van der Waals surface area (Å²) in [6.07, 6.45) is 1.66. The van der Waals surface area contributed by atoms with Crippen molar-refractivity contribution in [2.75, 3.05) is 5.32 Å². The van der Waals surface area contributed by atoms with Gasteiger partial charge in [0.1, 0.15) is 5.69 Å². The van der Waals surface area contributed by atoms with Crippen LogP contribution < -0.4 is 5.32 Å². The summed E-state index contributed by atoms with van der Waals surface area (Å²) in [5.41, 5.74) is -6.33. The standard InChI is InChI=1S/C13H15F3N2O5S/c14-13(15,16)24(22,23)10-5-6-11(12(7-10)18(20)21)17-8-1-3-9(19)4-2-8/h5-9,17,19H,1-4H2. The molecule has 134 valence electrons. The molecule has 0 spiro atoms. The zero-order valence-electron chi connectivity index (χ0n) is 12.3. The summed E-state index contributed by atoms with van der Waals surface area (Å²) in [5, 5.41) is 23.4. The van der Waals surface area contributed by atoms with Gasteiger partial charge in [-0.3, -0.25) is 10.1 Å². The van der Waals surface area contributed by atoms with Crippen molar-refractivity contribution in [3.63, 3.8) is 0 Å². The number of nitro groups is 1. The normalized spacial score (nSPS) is 22.2. The van der Waals surface area contributed by atoms with Crippen LogP contribution in [0.3, 0.4) is 0 Å². The Labute approximate surface area is 135 Å². The zero-order valence-corrected chi connectivity index (χ0v) is 13.1. The molecule has 2 rings (SSSR count). The van der Waals surface area contributed by atoms with Crippen molar-refractivity contribution < 1.29 is 31.6 Å². The van der Waals surface area contributed by atoms with E-state index in [-0.39, 0.29) is 11.7 Å². The van der Waals surface area contributed by atoms with Gasteiger partial charge in [-0.25, -0.2) is 8.42 Å². The SMILES string of the molecule is O=[N+]([O-])c1cc(S(=O)(=O)C(F)(F)F)ccc1NC1CCC(O)CC1. The number of hydrogen-bond acceptors (Lipinski definition) is 6. The molecule has 0 heterocycles. The summed E-state index contributed by atoms with van der Waals surface area (Å²) in [6, 6.07) is 1.87. The molecule has 1 fully saturated rings. The molecule has 0 aromatic heterocycles. The van der Waals surface area contributed by atoms with Gasteiger partial charge in [-0.2, -0.15) is 13.2 Å². The highest BCUT2D eigenvalue weighted by Crippen LogP contribution is 2.35. The second-order valence-corrected chi connectivity index (χ2v) is 7.48. The average Bonchev–Trinajstić information content (AvgIpc) is 2.48. The maximum atomic E-state index is 12.6. The minimum absolute atomic E-state index is 0.0532. The third-order valence-electron chi connectivity index (χ3n) is 3.84. The van der Waals surface area contributed by atoms with E-state index in [2.05, 4.69) is 5.32 Å². The second-order valence-electron chi connectivity index (χ2n) is 5.54. The van der Waals surface area contributed by atoms with Crippen molar-refractivity contribution in [1.82, 2.24) is 0 Å². The third kappa shape index (κ3) is 3.78. The largest absolute Gasteiger partial charge is 0.501 e. The first-order valence-electron chi connectivity index (χ1n) is 7.07. The summed E-state index contributed by atoms with van der Waals surface area (Å²) in [4.78, 5) is 8.98. The maximum Gasteiger partial charge on any atom is 0.501 e. The Bertz CT molecular complexity index is 728. The number of nitrogens with one attached hydrogen (secondary N) is 1. The predicted octanol–water partition coefficient (Wildman–Crippen LogP) is 2.60. The van der Waals surface area contributed by atoms with Crippen LogP contribution in [0.25, 0.3) is 0 Å². The highest BCUT2D eigenvalue weighted by molar-refractivity contribution is 7.92. The number of nitrogens with zero attached hydrogens (tertiary/aromatic N) is 1. The Kier molecular flexibility index (Phi) is 5.04. The molecule has 1 aromatic rings. The third-order valence-corrected chi connectivity index (χ3v) is 5.32. The smallest absolute Gasteiger partial charge is 0.393 e. The van der Waals surface area contributed by atoms with Crippen molar-refractivity contribution in [2.24, 2.45) is 0 Å². The summed E-state index contributed by atoms with van der Waals surface area (Å²) in [7, 11) is -5.65. The molecule has 0 saturated heterocycles. The zero-order chi connectivity index (χ0) is 18.1. The van der Waals surface area contributed by atoms with Crippen molar-refractivity contribution in [3.05, 3.63) is 28.3 Å². The molecule has 0 atom stereocenters. The van der Waals surface area contributed by atoms with Gasteiger partial charge in [0.25, 0.3) is 15.5 Å². The van der Waals surface area contributed by atoms with Gasteiger partial charge >= 0.3 is 5.51 Å². The van der Waals surface area contributed by atoms with Crippen molar-refractivity contribution in [3.8, 4) is 0 Å². The minimum Gasteiger partial charge on any atom is -0.393 e. The number of halogens is 3. The lowest BCUT2D eigenvalue weighted by Crippen LogP contribution is -2.28. The Morgan fingerprint density at radius 1 is 1.21 bits per heavy atom. The molecule has 1 aliphatic carbocycles. The monoisotopic (exact) mass is 368 g/mol. The molecule has 1 aromatic carbocycles. The Balaban J connectivity index is 2.33. The molecule has 7 nitrogen and oxygen atoms in total. The van der Waals surface area contributed by atoms with Crippen LogP contribution in [-0.4, -0.2) is 36.1 Å². The first-order chi connectivity index (χ1) is 11.0. The van der Waals surface area contributed by atoms with E-state index in [1.807, 2.05) is 0 Å². The number of aliphatic hydroxyl groups excluding tert-OH is 1. The molecular weight excluding hydrogens is 353 g/mol. The quantitative estimate of drug-likeness (QED) is 0.624. The highest BCUT2D eigenvalue weighted by Gasteiger charge is 2.47. The van der Waals surface area contributed by atoms with E-state index < -0.39 is 37.0 Å². The predicted molar refractivity (Wildman–Crippen MR) is 78.2 cm³/mol. The van der Waals surface area contributed by atoms with E-state index in [1.54, 1.807) is 0 Å². The number of anilines is 1. The highest BCUT2D eigenvalue weighted by atomic mass is 32.2. The lowest BCUT2D eigenvalue weighted by Gasteiger charge is -2.26. The maximum absolute atomic E-state index is 12.6. The van der Waals surface area contributed by atoms with Crippen molar-refractivity contribution >= 4 is 21.2 Å². The number of alkyl halides is 3. The van der Waals surface area contributed by atoms with Gasteiger partial charge < -0.3 is 10.4 Å². The second kappa shape index (κ2) is 6.55. The Morgan fingerprint density at radius 2 is 1.79 bits per heavy atom. The Morgan fingerprint density at radius 3 is 2.29 bits per heavy atom. The lowest BCUT2D eigenvalue weighted by molar-refractivity contribution is -0.384. The van der Waals surface area contributed by atoms with Crippen LogP contribution in [0.5, 0.6) is 0 Å². The van der Waals surface area contributed by atoms with Gasteiger partial charge in [-0.15, -0.1) is 0 Å². The van der Waals surface area contributed by atoms with E-state index in [0.717, 1.165) is 6.07 Å². The van der Waals surface area contributed by atoms with Crippen LogP contribution >= 0.6 is 0 Å². The fraction of sp³-hybridized carbons (Fsp3) is 0.538. The Hall–Kier alpha value is -1.88. The minimum atomic E-state index is -5.65. The molecule has 1 saturated carbocycles. The van der Waals surface area contributed by atoms with Crippen molar-refractivity contribution in [1.29, 1.82) is 0 Å². The van der Waals surface area contributed by atoms with Gasteiger partial charge in [-0.1, -0.05) is 0 Å². The number of rotatable bonds is 4. The van der Waals surface area contributed by atoms with E-state index in [0.29, 0.717) is 37.8 Å². The van der Waals surface area contributed by atoms with Crippen LogP contribution in [0.1, 0.15) is 25.7 Å². The number of hydrogen-bond donors (Lipinski definition) is 2. The molecule has 2 N–H and O–H groups in total. The first-order valence-corrected chi connectivity index (χ1v) is 8.55. The molecule has 0 aliphatic heterocycles. The summed E-state index contributed by atoms with van der Waals surface area (Å²) in [5.74, 6) is 0. The molecule has 0 unspecified atom stereocenters. The summed E-state index contributed by atoms with van der Waals surface area (Å²) < 4.78 is 60.4. The van der Waals surface area contributed by atoms with Crippen LogP contribution in [0.4, 0.5) is 24.5 Å². The fourth-order valence-electron chi connectivity index (χ4n) is 2.53. The molecule has 24 heavy (non-hydrogen) atoms. The molecule has 11 heteroatoms. The number of aliphatic hydroxyl groups is 1. The summed E-state index contributed by atoms with van der Waals surface area (Å²) in [6.45, 7) is 0. The van der Waals surface area contributed by atoms with Crippen LogP contribution in [0.15, 0.2) is 23.1 Å². The topological polar surface area (TPSA) is 110 Å². The van der Waals surface area contributed by atoms with E-state index in [1.165, 1.54) is 0 Å². The van der Waals surface area contributed by atoms with E-state index >= 15 is 0 Å². The first kappa shape index (κ1) is 18.5. The molecule has 0 amide bonds. The number of benzene rings is 1. The molecule has 0 bridgehead atoms. The van der Waals surface area contributed by atoms with Gasteiger partial charge in [0.05, 0.1) is 15.9 Å². The molecule has 1 aliphatic rings.